The maximum Gasteiger partial charge on any atom is 0.136 e. The molecule has 0 radical (unpaired) electrons. The highest BCUT2D eigenvalue weighted by atomic mass is 32.1. The van der Waals surface area contributed by atoms with Crippen molar-refractivity contribution in [3.8, 4) is 33.4 Å². The molecule has 0 aliphatic heterocycles. The maximum atomic E-state index is 6.40. The third-order valence-electron chi connectivity index (χ3n) is 13.1. The van der Waals surface area contributed by atoms with Crippen molar-refractivity contribution in [2.75, 3.05) is 4.90 Å². The normalized spacial score (nSPS) is 13.5. The van der Waals surface area contributed by atoms with Crippen molar-refractivity contribution >= 4 is 81.3 Å². The first-order valence-corrected chi connectivity index (χ1v) is 22.5. The minimum Gasteiger partial charge on any atom is -0.456 e. The van der Waals surface area contributed by atoms with Crippen LogP contribution in [0.2, 0.25) is 0 Å². The molecule has 1 aliphatic rings. The Hall–Kier alpha value is -6.94. The Kier molecular flexibility index (Phi) is 8.82. The SMILES string of the molecule is c1cc(-c2cccc3oc4ccccc4c23)cc(N(c2ccccc2-c2cccc3c2sc2ccccc23)c2ccccc2-c2cccc3cccc(C4CCCCC4)c23)c1. The van der Waals surface area contributed by atoms with E-state index < -0.39 is 0 Å². The Morgan fingerprint density at radius 3 is 1.90 bits per heavy atom. The Labute approximate surface area is 360 Å². The van der Waals surface area contributed by atoms with Crippen LogP contribution in [0.3, 0.4) is 0 Å². The Bertz CT molecular complexity index is 3430. The smallest absolute Gasteiger partial charge is 0.136 e. The van der Waals surface area contributed by atoms with Crippen LogP contribution in [-0.2, 0) is 0 Å². The minimum atomic E-state index is 0.572. The van der Waals surface area contributed by atoms with Gasteiger partial charge in [-0.1, -0.05) is 171 Å². The summed E-state index contributed by atoms with van der Waals surface area (Å²) in [5.41, 5.74) is 13.9. The lowest BCUT2D eigenvalue weighted by molar-refractivity contribution is 0.445. The van der Waals surface area contributed by atoms with Gasteiger partial charge in [0.2, 0.25) is 0 Å². The van der Waals surface area contributed by atoms with Crippen LogP contribution in [0, 0.1) is 0 Å². The standard InChI is InChI=1S/C58H43NOS/c1-2-17-38(18-3-1)42-27-13-19-39-20-14-29-47(56(39)42)44-23-4-8-32-51(44)59(41-22-12-21-40(37-41)43-28-16-35-54-57(43)50-26-6-10-34-53(50)60-54)52-33-9-5-24-45(52)48-30-15-31-49-46-25-7-11-36-55(46)61-58(48)49/h4-16,19-38H,1-3,17-18H2. The molecule has 2 heterocycles. The first-order chi connectivity index (χ1) is 30.3. The molecule has 0 atom stereocenters. The number of rotatable bonds is 7. The van der Waals surface area contributed by atoms with E-state index in [2.05, 4.69) is 193 Å². The second kappa shape index (κ2) is 15.0. The molecule has 0 amide bonds. The van der Waals surface area contributed by atoms with Gasteiger partial charge in [-0.05, 0) is 94.3 Å². The van der Waals surface area contributed by atoms with E-state index >= 15 is 0 Å². The van der Waals surface area contributed by atoms with Crippen LogP contribution in [0.5, 0.6) is 0 Å². The molecule has 0 unspecified atom stereocenters. The van der Waals surface area contributed by atoms with E-state index in [9.17, 15) is 0 Å². The van der Waals surface area contributed by atoms with Gasteiger partial charge in [-0.2, -0.15) is 0 Å². The lowest BCUT2D eigenvalue weighted by Crippen LogP contribution is -2.13. The summed E-state index contributed by atoms with van der Waals surface area (Å²) in [6, 6.07) is 71.5. The predicted octanol–water partition coefficient (Wildman–Crippen LogP) is 17.6. The van der Waals surface area contributed by atoms with Gasteiger partial charge >= 0.3 is 0 Å². The van der Waals surface area contributed by atoms with E-state index in [1.165, 1.54) is 90.9 Å². The van der Waals surface area contributed by atoms with Crippen LogP contribution >= 0.6 is 11.3 Å². The molecule has 0 N–H and O–H groups in total. The minimum absolute atomic E-state index is 0.572. The third kappa shape index (κ3) is 6.06. The number of thiophene rings is 1. The number of para-hydroxylation sites is 3. The molecule has 2 aromatic heterocycles. The van der Waals surface area contributed by atoms with Crippen molar-refractivity contribution < 1.29 is 4.42 Å². The molecule has 1 saturated carbocycles. The highest BCUT2D eigenvalue weighted by Crippen LogP contribution is 2.50. The number of anilines is 3. The molecule has 12 rings (SSSR count). The van der Waals surface area contributed by atoms with Gasteiger partial charge < -0.3 is 9.32 Å². The van der Waals surface area contributed by atoms with Crippen molar-refractivity contribution in [1.29, 1.82) is 0 Å². The van der Waals surface area contributed by atoms with Crippen LogP contribution in [0.1, 0.15) is 43.6 Å². The first kappa shape index (κ1) is 36.0. The van der Waals surface area contributed by atoms with Gasteiger partial charge in [0.25, 0.3) is 0 Å². The van der Waals surface area contributed by atoms with Crippen molar-refractivity contribution in [1.82, 2.24) is 0 Å². The molecule has 0 bridgehead atoms. The van der Waals surface area contributed by atoms with Gasteiger partial charge in [-0.15, -0.1) is 11.3 Å². The quantitative estimate of drug-likeness (QED) is 0.160. The zero-order valence-corrected chi connectivity index (χ0v) is 34.7. The number of fused-ring (bicyclic) bond motifs is 7. The number of hydrogen-bond acceptors (Lipinski definition) is 3. The molecule has 2 nitrogen and oxygen atoms in total. The fraction of sp³-hybridized carbons (Fsp3) is 0.103. The van der Waals surface area contributed by atoms with Gasteiger partial charge in [-0.3, -0.25) is 0 Å². The van der Waals surface area contributed by atoms with E-state index in [0.717, 1.165) is 50.1 Å². The van der Waals surface area contributed by atoms with Crippen LogP contribution in [0.4, 0.5) is 17.1 Å². The molecule has 0 saturated heterocycles. The highest BCUT2D eigenvalue weighted by molar-refractivity contribution is 7.26. The van der Waals surface area contributed by atoms with Crippen molar-refractivity contribution in [3.63, 3.8) is 0 Å². The highest BCUT2D eigenvalue weighted by Gasteiger charge is 2.25. The van der Waals surface area contributed by atoms with Crippen molar-refractivity contribution in [2.45, 2.75) is 38.0 Å². The van der Waals surface area contributed by atoms with E-state index in [1.54, 1.807) is 0 Å². The summed E-state index contributed by atoms with van der Waals surface area (Å²) in [5, 5.41) is 7.58. The van der Waals surface area contributed by atoms with E-state index in [1.807, 2.05) is 17.4 Å². The zero-order chi connectivity index (χ0) is 40.3. The molecule has 1 fully saturated rings. The fourth-order valence-corrected chi connectivity index (χ4v) is 11.6. The lowest BCUT2D eigenvalue weighted by Gasteiger charge is -2.31. The van der Waals surface area contributed by atoms with Crippen LogP contribution in [0.25, 0.3) is 86.3 Å². The molecule has 1 aliphatic carbocycles. The van der Waals surface area contributed by atoms with Gasteiger partial charge in [0, 0.05) is 53.3 Å². The molecular weight excluding hydrogens is 759 g/mol. The van der Waals surface area contributed by atoms with Crippen molar-refractivity contribution in [3.05, 3.63) is 200 Å². The van der Waals surface area contributed by atoms with Crippen LogP contribution < -0.4 is 4.90 Å². The molecule has 9 aromatic carbocycles. The molecular formula is C58H43NOS. The maximum absolute atomic E-state index is 6.40. The van der Waals surface area contributed by atoms with Gasteiger partial charge in [0.15, 0.2) is 0 Å². The Morgan fingerprint density at radius 2 is 1.05 bits per heavy atom. The Morgan fingerprint density at radius 1 is 0.443 bits per heavy atom. The average molecular weight is 802 g/mol. The van der Waals surface area contributed by atoms with Gasteiger partial charge in [0.05, 0.1) is 11.4 Å². The lowest BCUT2D eigenvalue weighted by atomic mass is 9.80. The summed E-state index contributed by atoms with van der Waals surface area (Å²) in [4.78, 5) is 2.52. The molecule has 11 aromatic rings. The second-order valence-electron chi connectivity index (χ2n) is 16.6. The predicted molar refractivity (Wildman–Crippen MR) is 261 cm³/mol. The molecule has 0 spiro atoms. The second-order valence-corrected chi connectivity index (χ2v) is 17.6. The summed E-state index contributed by atoms with van der Waals surface area (Å²) in [6.07, 6.45) is 6.45. The van der Waals surface area contributed by atoms with Crippen LogP contribution in [-0.4, -0.2) is 0 Å². The largest absolute Gasteiger partial charge is 0.456 e. The zero-order valence-electron chi connectivity index (χ0n) is 33.9. The van der Waals surface area contributed by atoms with Gasteiger partial charge in [0.1, 0.15) is 11.2 Å². The van der Waals surface area contributed by atoms with E-state index in [4.69, 9.17) is 4.42 Å². The topological polar surface area (TPSA) is 16.4 Å². The first-order valence-electron chi connectivity index (χ1n) is 21.7. The van der Waals surface area contributed by atoms with Gasteiger partial charge in [-0.25, -0.2) is 0 Å². The summed E-state index contributed by atoms with van der Waals surface area (Å²) in [7, 11) is 0. The monoisotopic (exact) mass is 801 g/mol. The molecule has 61 heavy (non-hydrogen) atoms. The summed E-state index contributed by atoms with van der Waals surface area (Å²) >= 11 is 1.89. The number of benzene rings is 9. The number of furan rings is 1. The van der Waals surface area contributed by atoms with Crippen molar-refractivity contribution in [2.24, 2.45) is 0 Å². The fourth-order valence-electron chi connectivity index (χ4n) is 10.3. The Balaban J connectivity index is 1.12. The van der Waals surface area contributed by atoms with E-state index in [0.29, 0.717) is 5.92 Å². The summed E-state index contributed by atoms with van der Waals surface area (Å²) in [5.74, 6) is 0.572. The summed E-state index contributed by atoms with van der Waals surface area (Å²) < 4.78 is 9.01. The number of nitrogens with zero attached hydrogens (tertiary/aromatic N) is 1. The van der Waals surface area contributed by atoms with Crippen LogP contribution in [0.15, 0.2) is 199 Å². The molecule has 292 valence electrons. The van der Waals surface area contributed by atoms with E-state index in [-0.39, 0.29) is 0 Å². The summed E-state index contributed by atoms with van der Waals surface area (Å²) in [6.45, 7) is 0. The average Bonchev–Trinajstić information content (AvgIpc) is 3.91. The number of hydrogen-bond donors (Lipinski definition) is 0. The molecule has 3 heteroatoms. The third-order valence-corrected chi connectivity index (χ3v) is 14.3.